The average Bonchev–Trinajstić information content (AvgIpc) is 2.50. The van der Waals surface area contributed by atoms with Crippen LogP contribution in [-0.4, -0.2) is 28.9 Å². The molecule has 1 aliphatic rings. The van der Waals surface area contributed by atoms with Gasteiger partial charge in [-0.25, -0.2) is 4.79 Å². The first-order chi connectivity index (χ1) is 11.6. The van der Waals surface area contributed by atoms with E-state index in [0.29, 0.717) is 18.3 Å². The molecule has 1 rings (SSSR count). The van der Waals surface area contributed by atoms with Crippen molar-refractivity contribution in [2.45, 2.75) is 97.3 Å². The minimum atomic E-state index is -0.583. The zero-order valence-corrected chi connectivity index (χ0v) is 16.9. The minimum absolute atomic E-state index is 0.240. The second-order valence-corrected chi connectivity index (χ2v) is 8.94. The first-order valence-electron chi connectivity index (χ1n) is 9.92. The zero-order chi connectivity index (χ0) is 19.0. The van der Waals surface area contributed by atoms with Gasteiger partial charge in [0.2, 0.25) is 0 Å². The largest absolute Gasteiger partial charge is 0.444 e. The Morgan fingerprint density at radius 3 is 2.36 bits per heavy atom. The Hall–Kier alpha value is -1.03. The van der Waals surface area contributed by atoms with E-state index in [1.54, 1.807) is 0 Å². The number of amides is 1. The molecule has 1 unspecified atom stereocenters. The van der Waals surface area contributed by atoms with Crippen LogP contribution in [0.2, 0.25) is 0 Å². The third kappa shape index (κ3) is 8.75. The van der Waals surface area contributed by atoms with E-state index in [1.165, 1.54) is 32.1 Å². The van der Waals surface area contributed by atoms with Crippen molar-refractivity contribution in [3.63, 3.8) is 0 Å². The first-order valence-corrected chi connectivity index (χ1v) is 9.92. The van der Waals surface area contributed by atoms with E-state index in [4.69, 9.17) is 4.74 Å². The highest BCUT2D eigenvalue weighted by molar-refractivity contribution is 5.68. The van der Waals surface area contributed by atoms with Crippen LogP contribution < -0.4 is 5.32 Å². The van der Waals surface area contributed by atoms with Crippen molar-refractivity contribution in [1.29, 1.82) is 0 Å². The molecule has 0 saturated heterocycles. The second-order valence-electron chi connectivity index (χ2n) is 8.94. The smallest absolute Gasteiger partial charge is 0.407 e. The molecule has 0 bridgehead atoms. The van der Waals surface area contributed by atoms with Gasteiger partial charge in [-0.3, -0.25) is 0 Å². The van der Waals surface area contributed by atoms with Gasteiger partial charge in [0.15, 0.2) is 0 Å². The van der Waals surface area contributed by atoms with Crippen LogP contribution in [0.5, 0.6) is 0 Å². The van der Waals surface area contributed by atoms with E-state index in [0.717, 1.165) is 6.42 Å². The van der Waals surface area contributed by atoms with Crippen LogP contribution in [-0.2, 0) is 4.74 Å². The summed E-state index contributed by atoms with van der Waals surface area (Å²) >= 11 is 0. The summed E-state index contributed by atoms with van der Waals surface area (Å²) in [5.74, 6) is 1.23. The van der Waals surface area contributed by atoms with Crippen LogP contribution in [0.25, 0.3) is 0 Å². The molecule has 0 aliphatic heterocycles. The quantitative estimate of drug-likeness (QED) is 0.600. The Balaban J connectivity index is 2.74. The summed E-state index contributed by atoms with van der Waals surface area (Å²) in [6.45, 7) is 13.7. The number of allylic oxidation sites excluding steroid dienone is 1. The number of ether oxygens (including phenoxy) is 1. The normalized spacial score (nSPS) is 20.0. The van der Waals surface area contributed by atoms with Gasteiger partial charge in [-0.2, -0.15) is 0 Å². The lowest BCUT2D eigenvalue weighted by molar-refractivity contribution is 0.0354. The molecule has 1 fully saturated rings. The predicted octanol–water partition coefficient (Wildman–Crippen LogP) is 5.06. The van der Waals surface area contributed by atoms with E-state index in [1.807, 2.05) is 26.8 Å². The summed E-state index contributed by atoms with van der Waals surface area (Å²) in [5.41, 5.74) is -0.536. The SMILES string of the molecule is C=CC(C[C@H](O)[C@H](CC1CCCCC1)NC(=O)OC(C)(C)C)C(C)C. The second kappa shape index (κ2) is 10.2. The summed E-state index contributed by atoms with van der Waals surface area (Å²) < 4.78 is 5.40. The fourth-order valence-electron chi connectivity index (χ4n) is 3.64. The van der Waals surface area contributed by atoms with Crippen LogP contribution in [0.15, 0.2) is 12.7 Å². The Bertz CT molecular complexity index is 408. The van der Waals surface area contributed by atoms with Gasteiger partial charge >= 0.3 is 6.09 Å². The average molecular weight is 354 g/mol. The van der Waals surface area contributed by atoms with Gasteiger partial charge in [0, 0.05) is 0 Å². The monoisotopic (exact) mass is 353 g/mol. The third-order valence-electron chi connectivity index (χ3n) is 5.15. The van der Waals surface area contributed by atoms with Crippen molar-refractivity contribution in [3.8, 4) is 0 Å². The van der Waals surface area contributed by atoms with Gasteiger partial charge in [0.25, 0.3) is 0 Å². The predicted molar refractivity (Wildman–Crippen MR) is 103 cm³/mol. The Morgan fingerprint density at radius 1 is 1.28 bits per heavy atom. The van der Waals surface area contributed by atoms with Crippen LogP contribution in [0.3, 0.4) is 0 Å². The van der Waals surface area contributed by atoms with E-state index in [-0.39, 0.29) is 12.0 Å². The van der Waals surface area contributed by atoms with E-state index in [2.05, 4.69) is 25.7 Å². The minimum Gasteiger partial charge on any atom is -0.444 e. The van der Waals surface area contributed by atoms with E-state index >= 15 is 0 Å². The summed E-state index contributed by atoms with van der Waals surface area (Å²) in [6, 6.07) is -0.265. The third-order valence-corrected chi connectivity index (χ3v) is 5.15. The Morgan fingerprint density at radius 2 is 1.88 bits per heavy atom. The van der Waals surface area contributed by atoms with E-state index in [9.17, 15) is 9.90 Å². The number of alkyl carbamates (subject to hydrolysis) is 1. The maximum Gasteiger partial charge on any atom is 0.407 e. The number of rotatable bonds is 8. The molecule has 25 heavy (non-hydrogen) atoms. The molecule has 0 radical (unpaired) electrons. The van der Waals surface area contributed by atoms with Gasteiger partial charge in [0.1, 0.15) is 5.60 Å². The standard InChI is InChI=1S/C21H39NO3/c1-7-17(15(2)3)14-19(23)18(13-16-11-9-8-10-12-16)22-20(24)25-21(4,5)6/h7,15-19,23H,1,8-14H2,2-6H3,(H,22,24)/t17?,18-,19-/m0/s1. The fourth-order valence-corrected chi connectivity index (χ4v) is 3.64. The molecule has 3 atom stereocenters. The molecule has 0 heterocycles. The highest BCUT2D eigenvalue weighted by atomic mass is 16.6. The number of carbonyl (C=O) groups excluding carboxylic acids is 1. The van der Waals surface area contributed by atoms with Crippen molar-refractivity contribution in [2.24, 2.45) is 17.8 Å². The molecule has 4 heteroatoms. The van der Waals surface area contributed by atoms with Crippen molar-refractivity contribution in [2.75, 3.05) is 0 Å². The first kappa shape index (κ1) is 22.0. The summed E-state index contributed by atoms with van der Waals surface area (Å²) in [6.07, 6.45) is 8.52. The maximum absolute atomic E-state index is 12.2. The maximum atomic E-state index is 12.2. The summed E-state index contributed by atoms with van der Waals surface area (Å²) in [5, 5.41) is 13.8. The molecule has 1 aliphatic carbocycles. The zero-order valence-electron chi connectivity index (χ0n) is 16.9. The van der Waals surface area contributed by atoms with Crippen molar-refractivity contribution < 1.29 is 14.6 Å². The fraction of sp³-hybridized carbons (Fsp3) is 0.857. The molecule has 4 nitrogen and oxygen atoms in total. The number of hydrogen-bond acceptors (Lipinski definition) is 3. The lowest BCUT2D eigenvalue weighted by atomic mass is 9.81. The van der Waals surface area contributed by atoms with Crippen molar-refractivity contribution in [3.05, 3.63) is 12.7 Å². The molecule has 0 aromatic heterocycles. The number of nitrogens with one attached hydrogen (secondary N) is 1. The van der Waals surface area contributed by atoms with Crippen LogP contribution in [0.4, 0.5) is 4.79 Å². The van der Waals surface area contributed by atoms with E-state index < -0.39 is 17.8 Å². The van der Waals surface area contributed by atoms with Gasteiger partial charge in [-0.15, -0.1) is 6.58 Å². The number of aliphatic hydroxyl groups excluding tert-OH is 1. The molecule has 1 amide bonds. The van der Waals surface area contributed by atoms with Crippen LogP contribution >= 0.6 is 0 Å². The molecular formula is C21H39NO3. The molecular weight excluding hydrogens is 314 g/mol. The molecule has 2 N–H and O–H groups in total. The Labute approximate surface area is 154 Å². The number of aliphatic hydroxyl groups is 1. The van der Waals surface area contributed by atoms with Gasteiger partial charge in [-0.1, -0.05) is 52.0 Å². The van der Waals surface area contributed by atoms with Gasteiger partial charge in [0.05, 0.1) is 12.1 Å². The molecule has 146 valence electrons. The Kier molecular flexibility index (Phi) is 8.98. The van der Waals surface area contributed by atoms with Crippen molar-refractivity contribution >= 4 is 6.09 Å². The lowest BCUT2D eigenvalue weighted by Gasteiger charge is -2.32. The highest BCUT2D eigenvalue weighted by Gasteiger charge is 2.29. The number of hydrogen-bond donors (Lipinski definition) is 2. The van der Waals surface area contributed by atoms with Crippen LogP contribution in [0, 0.1) is 17.8 Å². The highest BCUT2D eigenvalue weighted by Crippen LogP contribution is 2.29. The van der Waals surface area contributed by atoms with Crippen LogP contribution in [0.1, 0.15) is 79.6 Å². The van der Waals surface area contributed by atoms with Gasteiger partial charge in [-0.05, 0) is 51.4 Å². The molecule has 0 aromatic rings. The molecule has 0 aromatic carbocycles. The molecule has 0 spiro atoms. The molecule has 1 saturated carbocycles. The van der Waals surface area contributed by atoms with Crippen molar-refractivity contribution in [1.82, 2.24) is 5.32 Å². The topological polar surface area (TPSA) is 58.6 Å². The lowest BCUT2D eigenvalue weighted by Crippen LogP contribution is -2.47. The van der Waals surface area contributed by atoms with Gasteiger partial charge < -0.3 is 15.2 Å². The number of carbonyl (C=O) groups is 1. The summed E-state index contributed by atoms with van der Waals surface area (Å²) in [4.78, 5) is 12.2. The summed E-state index contributed by atoms with van der Waals surface area (Å²) in [7, 11) is 0.